The first kappa shape index (κ1) is 31.8. The van der Waals surface area contributed by atoms with Gasteiger partial charge in [-0.1, -0.05) is 60.7 Å². The van der Waals surface area contributed by atoms with E-state index in [0.29, 0.717) is 29.1 Å². The van der Waals surface area contributed by atoms with E-state index in [1.807, 2.05) is 62.4 Å². The molecule has 9 heteroatoms. The minimum Gasteiger partial charge on any atom is -0.507 e. The fourth-order valence-electron chi connectivity index (χ4n) is 4.17. The van der Waals surface area contributed by atoms with Gasteiger partial charge in [0.15, 0.2) is 0 Å². The number of rotatable bonds is 7. The van der Waals surface area contributed by atoms with E-state index in [1.165, 1.54) is 11.1 Å². The van der Waals surface area contributed by atoms with Crippen LogP contribution in [0.3, 0.4) is 0 Å². The number of hydrazone groups is 1. The van der Waals surface area contributed by atoms with Crippen LogP contribution in [0.1, 0.15) is 23.6 Å². The third-order valence-corrected chi connectivity index (χ3v) is 6.44. The lowest BCUT2D eigenvalue weighted by molar-refractivity contribution is -0.114. The second kappa shape index (κ2) is 15.4. The Morgan fingerprint density at radius 3 is 2.27 bits per heavy atom. The van der Waals surface area contributed by atoms with E-state index in [2.05, 4.69) is 10.4 Å². The van der Waals surface area contributed by atoms with Gasteiger partial charge in [0.2, 0.25) is 5.90 Å². The first-order valence-electron chi connectivity index (χ1n) is 14.1. The maximum Gasteiger partial charge on any atom is 0.284 e. The second-order valence-electron chi connectivity index (χ2n) is 9.67. The topological polar surface area (TPSA) is 124 Å². The number of ether oxygens (including phenoxy) is 2. The van der Waals surface area contributed by atoms with Crippen LogP contribution >= 0.6 is 0 Å². The average molecular weight is 601 g/mol. The van der Waals surface area contributed by atoms with Crippen LogP contribution in [0.25, 0.3) is 12.2 Å². The number of hydrogen-bond donors (Lipinski definition) is 2. The van der Waals surface area contributed by atoms with Crippen LogP contribution < -0.4 is 15.1 Å². The Hall–Kier alpha value is -6.14. The van der Waals surface area contributed by atoms with Gasteiger partial charge in [0, 0.05) is 11.3 Å². The number of aryl methyl sites for hydroxylation is 1. The highest BCUT2D eigenvalue weighted by Crippen LogP contribution is 2.28. The molecule has 1 heterocycles. The molecule has 0 atom stereocenters. The van der Waals surface area contributed by atoms with Crippen molar-refractivity contribution < 1.29 is 24.2 Å². The number of methoxy groups -OCH3 is 1. The Labute approximate surface area is 262 Å². The van der Waals surface area contributed by atoms with Crippen molar-refractivity contribution in [2.24, 2.45) is 5.10 Å². The maximum atomic E-state index is 12.8. The molecule has 2 amide bonds. The molecule has 0 spiro atoms. The number of anilines is 2. The standard InChI is InChI=1S/C19H18N2O3.C17H14N2O2/c1-3-24-18-16(12-14-10-9-13(2)11-17(14)22)19(23)21(20-18)15-7-5-4-6-8-15;1-21-16-9-7-13(8-10-16)11-14(12-18)17(20)19-15-5-3-2-4-6-15/h4-12,22H,3H2,1-2H3;2-11H,1H3,(H,19,20). The summed E-state index contributed by atoms with van der Waals surface area (Å²) in [5, 5.41) is 27.5. The molecule has 0 aromatic heterocycles. The van der Waals surface area contributed by atoms with E-state index in [1.54, 1.807) is 73.8 Å². The third kappa shape index (κ3) is 8.46. The summed E-state index contributed by atoms with van der Waals surface area (Å²) >= 11 is 0. The molecule has 5 rings (SSSR count). The molecule has 2 N–H and O–H groups in total. The number of aromatic hydroxyl groups is 1. The number of carbonyl (C=O) groups is 2. The number of benzene rings is 4. The molecule has 0 aliphatic carbocycles. The Bertz CT molecular complexity index is 1770. The summed E-state index contributed by atoms with van der Waals surface area (Å²) in [6.07, 6.45) is 3.15. The molecular formula is C36H32N4O5. The van der Waals surface area contributed by atoms with Crippen molar-refractivity contribution in [3.05, 3.63) is 131 Å². The van der Waals surface area contributed by atoms with Crippen molar-refractivity contribution >= 4 is 41.2 Å². The van der Waals surface area contributed by atoms with Crippen molar-refractivity contribution in [1.29, 1.82) is 5.26 Å². The van der Waals surface area contributed by atoms with Crippen molar-refractivity contribution in [2.45, 2.75) is 13.8 Å². The van der Waals surface area contributed by atoms with Crippen LogP contribution in [0.15, 0.2) is 119 Å². The fourth-order valence-corrected chi connectivity index (χ4v) is 4.17. The van der Waals surface area contributed by atoms with Gasteiger partial charge in [0.05, 0.1) is 19.4 Å². The largest absolute Gasteiger partial charge is 0.507 e. The fraction of sp³-hybridized carbons (Fsp3) is 0.111. The number of phenolic OH excluding ortho intramolecular Hbond substituents is 1. The monoisotopic (exact) mass is 600 g/mol. The Balaban J connectivity index is 0.000000207. The van der Waals surface area contributed by atoms with Crippen LogP contribution in [0.2, 0.25) is 0 Å². The van der Waals surface area contributed by atoms with E-state index in [-0.39, 0.29) is 23.1 Å². The highest BCUT2D eigenvalue weighted by Gasteiger charge is 2.32. The highest BCUT2D eigenvalue weighted by molar-refractivity contribution is 6.30. The minimum absolute atomic E-state index is 0.0454. The maximum absolute atomic E-state index is 12.8. The van der Waals surface area contributed by atoms with Crippen LogP contribution in [0.5, 0.6) is 11.5 Å². The third-order valence-electron chi connectivity index (χ3n) is 6.44. The zero-order valence-corrected chi connectivity index (χ0v) is 25.1. The zero-order chi connectivity index (χ0) is 32.2. The Morgan fingerprint density at radius 2 is 1.67 bits per heavy atom. The predicted molar refractivity (Wildman–Crippen MR) is 175 cm³/mol. The minimum atomic E-state index is -0.431. The number of phenols is 1. The van der Waals surface area contributed by atoms with Crippen molar-refractivity contribution in [2.75, 3.05) is 24.0 Å². The molecule has 4 aromatic carbocycles. The van der Waals surface area contributed by atoms with E-state index >= 15 is 0 Å². The number of nitrogens with zero attached hydrogens (tertiary/aromatic N) is 3. The predicted octanol–water partition coefficient (Wildman–Crippen LogP) is 6.72. The van der Waals surface area contributed by atoms with Gasteiger partial charge >= 0.3 is 0 Å². The van der Waals surface area contributed by atoms with Gasteiger partial charge in [-0.2, -0.15) is 10.3 Å². The number of hydrogen-bond acceptors (Lipinski definition) is 7. The van der Waals surface area contributed by atoms with Gasteiger partial charge in [-0.05, 0) is 79.6 Å². The number of nitrogens with one attached hydrogen (secondary N) is 1. The first-order chi connectivity index (χ1) is 21.8. The van der Waals surface area contributed by atoms with Crippen LogP contribution in [0, 0.1) is 18.3 Å². The molecule has 0 fully saturated rings. The quantitative estimate of drug-likeness (QED) is 0.179. The lowest BCUT2D eigenvalue weighted by atomic mass is 10.1. The van der Waals surface area contributed by atoms with Gasteiger partial charge in [-0.15, -0.1) is 5.10 Å². The van der Waals surface area contributed by atoms with Crippen molar-refractivity contribution in [3.63, 3.8) is 0 Å². The summed E-state index contributed by atoms with van der Waals surface area (Å²) in [5.41, 5.74) is 3.93. The summed E-state index contributed by atoms with van der Waals surface area (Å²) < 4.78 is 10.6. The Kier molecular flexibility index (Phi) is 10.9. The van der Waals surface area contributed by atoms with E-state index in [9.17, 15) is 14.7 Å². The molecule has 0 unspecified atom stereocenters. The molecule has 0 saturated carbocycles. The van der Waals surface area contributed by atoms with Gasteiger partial charge in [0.1, 0.15) is 28.7 Å². The summed E-state index contributed by atoms with van der Waals surface area (Å²) in [4.78, 5) is 24.8. The highest BCUT2D eigenvalue weighted by atomic mass is 16.5. The van der Waals surface area contributed by atoms with Gasteiger partial charge in [-0.3, -0.25) is 9.59 Å². The summed E-state index contributed by atoms with van der Waals surface area (Å²) in [5.74, 6) is 0.374. The molecule has 4 aromatic rings. The lowest BCUT2D eigenvalue weighted by Gasteiger charge is -2.10. The smallest absolute Gasteiger partial charge is 0.284 e. The van der Waals surface area contributed by atoms with Crippen LogP contribution in [-0.2, 0) is 14.3 Å². The van der Waals surface area contributed by atoms with Crippen LogP contribution in [-0.4, -0.2) is 36.5 Å². The molecule has 0 radical (unpaired) electrons. The van der Waals surface area contributed by atoms with Gasteiger partial charge < -0.3 is 19.9 Å². The molecule has 1 aliphatic heterocycles. The SMILES string of the molecule is CCOC1=NN(c2ccccc2)C(=O)C1=Cc1ccc(C)cc1O.COc1ccc(C=C(C#N)C(=O)Nc2ccccc2)cc1. The van der Waals surface area contributed by atoms with Gasteiger partial charge in [-0.25, -0.2) is 0 Å². The average Bonchev–Trinajstić information content (AvgIpc) is 3.36. The van der Waals surface area contributed by atoms with Crippen LogP contribution in [0.4, 0.5) is 11.4 Å². The summed E-state index contributed by atoms with van der Waals surface area (Å²) in [6, 6.07) is 32.5. The van der Waals surface area contributed by atoms with E-state index in [4.69, 9.17) is 14.7 Å². The van der Waals surface area contributed by atoms with Crippen molar-refractivity contribution in [3.8, 4) is 17.6 Å². The lowest BCUT2D eigenvalue weighted by Crippen LogP contribution is -2.21. The molecule has 0 saturated heterocycles. The molecule has 1 aliphatic rings. The molecular weight excluding hydrogens is 568 g/mol. The molecule has 226 valence electrons. The van der Waals surface area contributed by atoms with Gasteiger partial charge in [0.25, 0.3) is 11.8 Å². The summed E-state index contributed by atoms with van der Waals surface area (Å²) in [7, 11) is 1.58. The van der Waals surface area contributed by atoms with E-state index < -0.39 is 5.91 Å². The molecule has 0 bridgehead atoms. The molecule has 45 heavy (non-hydrogen) atoms. The normalized spacial score (nSPS) is 13.3. The number of para-hydroxylation sites is 2. The number of nitriles is 1. The number of carbonyl (C=O) groups excluding carboxylic acids is 2. The van der Waals surface area contributed by atoms with Crippen molar-refractivity contribution in [1.82, 2.24) is 0 Å². The number of amides is 2. The molecule has 9 nitrogen and oxygen atoms in total. The zero-order valence-electron chi connectivity index (χ0n) is 25.1. The first-order valence-corrected chi connectivity index (χ1v) is 14.1. The summed E-state index contributed by atoms with van der Waals surface area (Å²) in [6.45, 7) is 4.12. The second-order valence-corrected chi connectivity index (χ2v) is 9.67. The van der Waals surface area contributed by atoms with E-state index in [0.717, 1.165) is 16.9 Å². The Morgan fingerprint density at radius 1 is 1.00 bits per heavy atom.